The molecule has 1 fully saturated rings. The Bertz CT molecular complexity index is 720. The van der Waals surface area contributed by atoms with Crippen molar-refractivity contribution >= 4 is 38.9 Å². The largest absolute Gasteiger partial charge is 0.495 e. The average molecular weight is 361 g/mol. The maximum absolute atomic E-state index is 11.9. The molecule has 9 heteroatoms. The standard InChI is InChI=1S/C14H17ClN2O5S/c1-22-12-3-2-9(15)6-11(12)17-14(19)7-13(18)16-10-4-5-23(20,21)8-10/h2-3,6,10H,4-5,7-8H2,1H3,(H,16,18)(H,17,19). The second kappa shape index (κ2) is 7.18. The van der Waals surface area contributed by atoms with Gasteiger partial charge in [0.05, 0.1) is 24.3 Å². The zero-order chi connectivity index (χ0) is 17.0. The number of carbonyl (C=O) groups excluding carboxylic acids is 2. The Morgan fingerprint density at radius 2 is 2.09 bits per heavy atom. The minimum atomic E-state index is -3.08. The molecule has 126 valence electrons. The zero-order valence-corrected chi connectivity index (χ0v) is 14.0. The minimum Gasteiger partial charge on any atom is -0.495 e. The van der Waals surface area contributed by atoms with Crippen LogP contribution in [0, 0.1) is 0 Å². The first kappa shape index (κ1) is 17.6. The number of sulfone groups is 1. The third kappa shape index (κ3) is 5.11. The predicted molar refractivity (Wildman–Crippen MR) is 86.5 cm³/mol. The fourth-order valence-corrected chi connectivity index (χ4v) is 4.15. The molecular formula is C14H17ClN2O5S. The Morgan fingerprint density at radius 3 is 2.70 bits per heavy atom. The molecule has 0 aliphatic carbocycles. The molecule has 0 spiro atoms. The Kier molecular flexibility index (Phi) is 5.48. The smallest absolute Gasteiger partial charge is 0.233 e. The van der Waals surface area contributed by atoms with Crippen LogP contribution in [0.25, 0.3) is 0 Å². The van der Waals surface area contributed by atoms with Crippen LogP contribution in [0.4, 0.5) is 5.69 Å². The summed E-state index contributed by atoms with van der Waals surface area (Å²) in [7, 11) is -1.63. The maximum atomic E-state index is 11.9. The van der Waals surface area contributed by atoms with Crippen molar-refractivity contribution in [1.29, 1.82) is 0 Å². The van der Waals surface area contributed by atoms with Crippen molar-refractivity contribution in [2.75, 3.05) is 23.9 Å². The molecule has 1 aliphatic heterocycles. The summed E-state index contributed by atoms with van der Waals surface area (Å²) in [5.41, 5.74) is 0.362. The van der Waals surface area contributed by atoms with Gasteiger partial charge < -0.3 is 15.4 Å². The van der Waals surface area contributed by atoms with E-state index in [1.165, 1.54) is 13.2 Å². The number of methoxy groups -OCH3 is 1. The first-order chi connectivity index (χ1) is 10.8. The molecule has 0 saturated carbocycles. The monoisotopic (exact) mass is 360 g/mol. The zero-order valence-electron chi connectivity index (χ0n) is 12.5. The van der Waals surface area contributed by atoms with E-state index in [-0.39, 0.29) is 11.5 Å². The van der Waals surface area contributed by atoms with Crippen molar-refractivity contribution in [3.05, 3.63) is 23.2 Å². The lowest BCUT2D eigenvalue weighted by Gasteiger charge is -2.12. The number of rotatable bonds is 5. The average Bonchev–Trinajstić information content (AvgIpc) is 2.77. The highest BCUT2D eigenvalue weighted by molar-refractivity contribution is 7.91. The summed E-state index contributed by atoms with van der Waals surface area (Å²) in [4.78, 5) is 23.7. The van der Waals surface area contributed by atoms with Crippen molar-refractivity contribution in [2.24, 2.45) is 0 Å². The highest BCUT2D eigenvalue weighted by Gasteiger charge is 2.29. The normalized spacial score (nSPS) is 19.1. The minimum absolute atomic E-state index is 0.0594. The predicted octanol–water partition coefficient (Wildman–Crippen LogP) is 0.980. The first-order valence-electron chi connectivity index (χ1n) is 6.92. The van der Waals surface area contributed by atoms with E-state index < -0.39 is 34.1 Å². The number of benzene rings is 1. The molecule has 7 nitrogen and oxygen atoms in total. The number of anilines is 1. The molecule has 1 heterocycles. The summed E-state index contributed by atoms with van der Waals surface area (Å²) >= 11 is 5.86. The molecule has 1 saturated heterocycles. The summed E-state index contributed by atoms with van der Waals surface area (Å²) < 4.78 is 27.8. The highest BCUT2D eigenvalue weighted by Crippen LogP contribution is 2.27. The van der Waals surface area contributed by atoms with Crippen LogP contribution in [-0.2, 0) is 19.4 Å². The van der Waals surface area contributed by atoms with Gasteiger partial charge in [0.1, 0.15) is 12.2 Å². The van der Waals surface area contributed by atoms with Gasteiger partial charge in [-0.2, -0.15) is 0 Å². The van der Waals surface area contributed by atoms with Gasteiger partial charge in [0, 0.05) is 11.1 Å². The van der Waals surface area contributed by atoms with Crippen LogP contribution in [-0.4, -0.2) is 44.9 Å². The maximum Gasteiger partial charge on any atom is 0.233 e. The quantitative estimate of drug-likeness (QED) is 0.762. The van der Waals surface area contributed by atoms with E-state index in [1.54, 1.807) is 12.1 Å². The number of hydrogen-bond donors (Lipinski definition) is 2. The fraction of sp³-hybridized carbons (Fsp3) is 0.429. The van der Waals surface area contributed by atoms with Crippen LogP contribution in [0.5, 0.6) is 5.75 Å². The summed E-state index contributed by atoms with van der Waals surface area (Å²) in [5, 5.41) is 5.52. The van der Waals surface area contributed by atoms with Crippen molar-refractivity contribution in [1.82, 2.24) is 5.32 Å². The summed E-state index contributed by atoms with van der Waals surface area (Å²) in [6.07, 6.45) is -0.0377. The Balaban J connectivity index is 1.90. The Morgan fingerprint density at radius 1 is 1.35 bits per heavy atom. The molecule has 0 bridgehead atoms. The van der Waals surface area contributed by atoms with Gasteiger partial charge in [-0.3, -0.25) is 9.59 Å². The van der Waals surface area contributed by atoms with E-state index in [2.05, 4.69) is 10.6 Å². The molecule has 23 heavy (non-hydrogen) atoms. The number of carbonyl (C=O) groups is 2. The SMILES string of the molecule is COc1ccc(Cl)cc1NC(=O)CC(=O)NC1CCS(=O)(=O)C1. The Hall–Kier alpha value is -1.80. The molecule has 1 aromatic carbocycles. The van der Waals surface area contributed by atoms with Gasteiger partial charge in [0.25, 0.3) is 0 Å². The van der Waals surface area contributed by atoms with Crippen LogP contribution in [0.2, 0.25) is 5.02 Å². The second-order valence-electron chi connectivity index (χ2n) is 5.24. The molecule has 1 atom stereocenters. The van der Waals surface area contributed by atoms with Crippen molar-refractivity contribution in [2.45, 2.75) is 18.9 Å². The van der Waals surface area contributed by atoms with E-state index >= 15 is 0 Å². The lowest BCUT2D eigenvalue weighted by Crippen LogP contribution is -2.37. The molecule has 0 radical (unpaired) electrons. The molecule has 1 aromatic rings. The Labute approximate surface area is 139 Å². The number of ether oxygens (including phenoxy) is 1. The van der Waals surface area contributed by atoms with Gasteiger partial charge in [-0.1, -0.05) is 11.6 Å². The second-order valence-corrected chi connectivity index (χ2v) is 7.90. The molecule has 2 amide bonds. The van der Waals surface area contributed by atoms with Gasteiger partial charge in [-0.05, 0) is 24.6 Å². The fourth-order valence-electron chi connectivity index (χ4n) is 2.31. The summed E-state index contributed by atoms with van der Waals surface area (Å²) in [6.45, 7) is 0. The number of amides is 2. The van der Waals surface area contributed by atoms with E-state index in [0.29, 0.717) is 22.9 Å². The number of halogens is 1. The van der Waals surface area contributed by atoms with Crippen LogP contribution in [0.15, 0.2) is 18.2 Å². The lowest BCUT2D eigenvalue weighted by molar-refractivity contribution is -0.127. The van der Waals surface area contributed by atoms with Gasteiger partial charge >= 0.3 is 0 Å². The van der Waals surface area contributed by atoms with Crippen molar-refractivity contribution < 1.29 is 22.7 Å². The van der Waals surface area contributed by atoms with Gasteiger partial charge in [-0.15, -0.1) is 0 Å². The molecular weight excluding hydrogens is 344 g/mol. The topological polar surface area (TPSA) is 102 Å². The summed E-state index contributed by atoms with van der Waals surface area (Å²) in [6, 6.07) is 4.30. The van der Waals surface area contributed by atoms with Crippen LogP contribution < -0.4 is 15.4 Å². The van der Waals surface area contributed by atoms with E-state index in [4.69, 9.17) is 16.3 Å². The van der Waals surface area contributed by atoms with Crippen LogP contribution in [0.1, 0.15) is 12.8 Å². The van der Waals surface area contributed by atoms with Crippen molar-refractivity contribution in [3.8, 4) is 5.75 Å². The number of hydrogen-bond acceptors (Lipinski definition) is 5. The molecule has 0 aromatic heterocycles. The van der Waals surface area contributed by atoms with Gasteiger partial charge in [0.15, 0.2) is 9.84 Å². The van der Waals surface area contributed by atoms with E-state index in [1.807, 2.05) is 0 Å². The van der Waals surface area contributed by atoms with Crippen LogP contribution in [0.3, 0.4) is 0 Å². The number of nitrogens with one attached hydrogen (secondary N) is 2. The van der Waals surface area contributed by atoms with Gasteiger partial charge in [0.2, 0.25) is 11.8 Å². The highest BCUT2D eigenvalue weighted by atomic mass is 35.5. The summed E-state index contributed by atoms with van der Waals surface area (Å²) in [5.74, 6) is -0.661. The van der Waals surface area contributed by atoms with Crippen molar-refractivity contribution in [3.63, 3.8) is 0 Å². The molecule has 2 N–H and O–H groups in total. The van der Waals surface area contributed by atoms with Gasteiger partial charge in [-0.25, -0.2) is 8.42 Å². The molecule has 1 aliphatic rings. The lowest BCUT2D eigenvalue weighted by atomic mass is 10.2. The molecule has 2 rings (SSSR count). The van der Waals surface area contributed by atoms with E-state index in [0.717, 1.165) is 0 Å². The third-order valence-electron chi connectivity index (χ3n) is 3.35. The van der Waals surface area contributed by atoms with E-state index in [9.17, 15) is 18.0 Å². The molecule has 1 unspecified atom stereocenters. The third-order valence-corrected chi connectivity index (χ3v) is 5.36. The first-order valence-corrected chi connectivity index (χ1v) is 9.12. The van der Waals surface area contributed by atoms with Crippen LogP contribution >= 0.6 is 11.6 Å².